The fourth-order valence-corrected chi connectivity index (χ4v) is 4.50. The fraction of sp³-hybridized carbons (Fsp3) is 0.269. The van der Waals surface area contributed by atoms with E-state index in [1.165, 1.54) is 5.56 Å². The number of amides is 1. The van der Waals surface area contributed by atoms with Gasteiger partial charge in [0, 0.05) is 18.8 Å². The number of hydrogen-bond donors (Lipinski definition) is 1. The lowest BCUT2D eigenvalue weighted by molar-refractivity contribution is -0.122. The molecule has 0 aliphatic carbocycles. The van der Waals surface area contributed by atoms with Crippen LogP contribution in [0.3, 0.4) is 0 Å². The highest BCUT2D eigenvalue weighted by molar-refractivity contribution is 6.37. The standard InChI is InChI=1S/C26H26Cl2N2O3/c27-22-5-3-6-23(28)25(22)33-15-14-32-21-10-8-18(9-11-21)16-20(17-29)26(31)30-13-12-19-4-1-2-7-24(19)30/h1-11,20H,12-17,29H2. The van der Waals surface area contributed by atoms with E-state index in [1.807, 2.05) is 47.4 Å². The van der Waals surface area contributed by atoms with E-state index in [0.29, 0.717) is 48.5 Å². The molecule has 0 radical (unpaired) electrons. The Morgan fingerprint density at radius 3 is 2.36 bits per heavy atom. The van der Waals surface area contributed by atoms with Crippen molar-refractivity contribution >= 4 is 34.8 Å². The van der Waals surface area contributed by atoms with Gasteiger partial charge in [-0.25, -0.2) is 0 Å². The molecule has 0 bridgehead atoms. The molecule has 0 spiro atoms. The number of carbonyl (C=O) groups excluding carboxylic acids is 1. The number of carbonyl (C=O) groups is 1. The molecule has 0 saturated carbocycles. The lowest BCUT2D eigenvalue weighted by Crippen LogP contribution is -2.39. The van der Waals surface area contributed by atoms with Crippen LogP contribution in [-0.4, -0.2) is 32.2 Å². The number of nitrogens with zero attached hydrogens (tertiary/aromatic N) is 1. The topological polar surface area (TPSA) is 64.8 Å². The van der Waals surface area contributed by atoms with Crippen LogP contribution >= 0.6 is 23.2 Å². The maximum atomic E-state index is 13.1. The SMILES string of the molecule is NCC(Cc1ccc(OCCOc2c(Cl)cccc2Cl)cc1)C(=O)N1CCc2ccccc21. The Hall–Kier alpha value is -2.73. The molecule has 33 heavy (non-hydrogen) atoms. The van der Waals surface area contributed by atoms with Gasteiger partial charge < -0.3 is 20.1 Å². The van der Waals surface area contributed by atoms with Gasteiger partial charge in [0.1, 0.15) is 19.0 Å². The minimum atomic E-state index is -0.267. The molecule has 0 fully saturated rings. The summed E-state index contributed by atoms with van der Waals surface area (Å²) in [5, 5.41) is 0.932. The number of fused-ring (bicyclic) bond motifs is 1. The number of anilines is 1. The largest absolute Gasteiger partial charge is 0.490 e. The van der Waals surface area contributed by atoms with Crippen LogP contribution in [0.1, 0.15) is 11.1 Å². The van der Waals surface area contributed by atoms with Crippen LogP contribution in [-0.2, 0) is 17.6 Å². The van der Waals surface area contributed by atoms with Crippen molar-refractivity contribution in [1.29, 1.82) is 0 Å². The average Bonchev–Trinajstić information content (AvgIpc) is 3.26. The van der Waals surface area contributed by atoms with Crippen molar-refractivity contribution in [3.05, 3.63) is 87.9 Å². The third kappa shape index (κ3) is 5.61. The number of ether oxygens (including phenoxy) is 2. The Bertz CT molecular complexity index is 1080. The monoisotopic (exact) mass is 484 g/mol. The second kappa shape index (κ2) is 10.9. The van der Waals surface area contributed by atoms with E-state index < -0.39 is 0 Å². The normalized spacial score (nSPS) is 13.5. The third-order valence-electron chi connectivity index (χ3n) is 5.71. The smallest absolute Gasteiger partial charge is 0.231 e. The average molecular weight is 485 g/mol. The molecule has 4 rings (SSSR count). The number of benzene rings is 3. The van der Waals surface area contributed by atoms with Gasteiger partial charge in [0.2, 0.25) is 5.91 Å². The zero-order chi connectivity index (χ0) is 23.2. The molecule has 1 aliphatic heterocycles. The maximum absolute atomic E-state index is 13.1. The van der Waals surface area contributed by atoms with Gasteiger partial charge in [-0.1, -0.05) is 59.6 Å². The molecule has 1 aliphatic rings. The molecular weight excluding hydrogens is 459 g/mol. The van der Waals surface area contributed by atoms with Gasteiger partial charge >= 0.3 is 0 Å². The zero-order valence-corrected chi connectivity index (χ0v) is 19.7. The fourth-order valence-electron chi connectivity index (χ4n) is 3.99. The first-order valence-corrected chi connectivity index (χ1v) is 11.7. The highest BCUT2D eigenvalue weighted by Crippen LogP contribution is 2.32. The maximum Gasteiger partial charge on any atom is 0.231 e. The van der Waals surface area contributed by atoms with Crippen molar-refractivity contribution in [2.75, 3.05) is 31.2 Å². The molecule has 1 atom stereocenters. The summed E-state index contributed by atoms with van der Waals surface area (Å²) in [6.07, 6.45) is 1.47. The lowest BCUT2D eigenvalue weighted by Gasteiger charge is -2.23. The van der Waals surface area contributed by atoms with Crippen LogP contribution in [0.2, 0.25) is 10.0 Å². The third-order valence-corrected chi connectivity index (χ3v) is 6.31. The molecule has 5 nitrogen and oxygen atoms in total. The van der Waals surface area contributed by atoms with Crippen molar-refractivity contribution < 1.29 is 14.3 Å². The Morgan fingerprint density at radius 1 is 0.939 bits per heavy atom. The van der Waals surface area contributed by atoms with Crippen LogP contribution in [0.5, 0.6) is 11.5 Å². The molecule has 1 amide bonds. The van der Waals surface area contributed by atoms with E-state index in [2.05, 4.69) is 6.07 Å². The van der Waals surface area contributed by atoms with Crippen LogP contribution < -0.4 is 20.1 Å². The van der Waals surface area contributed by atoms with Crippen LogP contribution in [0.25, 0.3) is 0 Å². The molecule has 1 heterocycles. The number of nitrogens with two attached hydrogens (primary N) is 1. The van der Waals surface area contributed by atoms with E-state index in [9.17, 15) is 4.79 Å². The molecule has 3 aromatic carbocycles. The molecular formula is C26H26Cl2N2O3. The minimum Gasteiger partial charge on any atom is -0.490 e. The summed E-state index contributed by atoms with van der Waals surface area (Å²) < 4.78 is 11.4. The van der Waals surface area contributed by atoms with E-state index in [0.717, 1.165) is 23.4 Å². The summed E-state index contributed by atoms with van der Waals surface area (Å²) in [5.74, 6) is 0.990. The van der Waals surface area contributed by atoms with Gasteiger partial charge in [-0.3, -0.25) is 4.79 Å². The van der Waals surface area contributed by atoms with Gasteiger partial charge in [0.25, 0.3) is 0 Å². The van der Waals surface area contributed by atoms with Crippen molar-refractivity contribution in [3.8, 4) is 11.5 Å². The van der Waals surface area contributed by atoms with Crippen LogP contribution in [0.4, 0.5) is 5.69 Å². The van der Waals surface area contributed by atoms with Gasteiger partial charge in [-0.05, 0) is 54.3 Å². The molecule has 172 valence electrons. The molecule has 0 aromatic heterocycles. The first kappa shape index (κ1) is 23.4. The summed E-state index contributed by atoms with van der Waals surface area (Å²) in [7, 11) is 0. The summed E-state index contributed by atoms with van der Waals surface area (Å²) >= 11 is 12.2. The Labute approximate surface area is 204 Å². The van der Waals surface area contributed by atoms with E-state index in [-0.39, 0.29) is 11.8 Å². The Balaban J connectivity index is 1.29. The van der Waals surface area contributed by atoms with Crippen molar-refractivity contribution in [3.63, 3.8) is 0 Å². The zero-order valence-electron chi connectivity index (χ0n) is 18.2. The summed E-state index contributed by atoms with van der Waals surface area (Å²) in [6.45, 7) is 1.67. The lowest BCUT2D eigenvalue weighted by atomic mass is 9.97. The predicted molar refractivity (Wildman–Crippen MR) is 133 cm³/mol. The van der Waals surface area contributed by atoms with Crippen LogP contribution in [0, 0.1) is 5.92 Å². The summed E-state index contributed by atoms with van der Waals surface area (Å²) in [6, 6.07) is 21.0. The molecule has 0 saturated heterocycles. The first-order chi connectivity index (χ1) is 16.1. The van der Waals surface area contributed by atoms with E-state index in [4.69, 9.17) is 38.4 Å². The Kier molecular flexibility index (Phi) is 7.76. The van der Waals surface area contributed by atoms with Crippen molar-refractivity contribution in [2.24, 2.45) is 11.7 Å². The number of rotatable bonds is 9. The van der Waals surface area contributed by atoms with Crippen LogP contribution in [0.15, 0.2) is 66.7 Å². The van der Waals surface area contributed by atoms with Gasteiger partial charge in [0.15, 0.2) is 5.75 Å². The molecule has 2 N–H and O–H groups in total. The molecule has 3 aromatic rings. The van der Waals surface area contributed by atoms with Gasteiger partial charge in [-0.2, -0.15) is 0 Å². The predicted octanol–water partition coefficient (Wildman–Crippen LogP) is 5.16. The van der Waals surface area contributed by atoms with E-state index in [1.54, 1.807) is 18.2 Å². The van der Waals surface area contributed by atoms with Crippen molar-refractivity contribution in [2.45, 2.75) is 12.8 Å². The first-order valence-electron chi connectivity index (χ1n) is 10.9. The number of para-hydroxylation sites is 2. The summed E-state index contributed by atoms with van der Waals surface area (Å²) in [4.78, 5) is 15.0. The quantitative estimate of drug-likeness (QED) is 0.426. The summed E-state index contributed by atoms with van der Waals surface area (Å²) in [5.41, 5.74) is 9.24. The number of halogens is 2. The van der Waals surface area contributed by atoms with E-state index >= 15 is 0 Å². The van der Waals surface area contributed by atoms with Crippen molar-refractivity contribution in [1.82, 2.24) is 0 Å². The highest BCUT2D eigenvalue weighted by Gasteiger charge is 2.29. The second-order valence-electron chi connectivity index (χ2n) is 7.90. The minimum absolute atomic E-state index is 0.0816. The molecule has 1 unspecified atom stereocenters. The van der Waals surface area contributed by atoms with Gasteiger partial charge in [-0.15, -0.1) is 0 Å². The highest BCUT2D eigenvalue weighted by atomic mass is 35.5. The number of hydrogen-bond acceptors (Lipinski definition) is 4. The van der Waals surface area contributed by atoms with Gasteiger partial charge in [0.05, 0.1) is 16.0 Å². The second-order valence-corrected chi connectivity index (χ2v) is 8.71. The molecule has 7 heteroatoms. The Morgan fingerprint density at radius 2 is 1.64 bits per heavy atom.